The predicted octanol–water partition coefficient (Wildman–Crippen LogP) is 2.68. The zero-order valence-corrected chi connectivity index (χ0v) is 6.82. The van der Waals surface area contributed by atoms with Crippen molar-refractivity contribution in [2.75, 3.05) is 0 Å². The van der Waals surface area contributed by atoms with Gasteiger partial charge in [-0.3, -0.25) is 0 Å². The first-order valence-corrected chi connectivity index (χ1v) is 3.48. The van der Waals surface area contributed by atoms with Crippen LogP contribution in [0.5, 0.6) is 0 Å². The minimum Gasteiger partial charge on any atom is -0.233 e. The Hall–Kier alpha value is -1.28. The van der Waals surface area contributed by atoms with Gasteiger partial charge in [-0.15, -0.1) is 0 Å². The Morgan fingerprint density at radius 3 is 2.62 bits per heavy atom. The zero-order valence-electron chi connectivity index (χ0n) is 6.06. The molecule has 1 aromatic rings. The second-order valence-electron chi connectivity index (χ2n) is 2.10. The highest BCUT2D eigenvalue weighted by Crippen LogP contribution is 2.25. The second-order valence-corrected chi connectivity index (χ2v) is 2.51. The lowest BCUT2D eigenvalue weighted by atomic mass is 10.3. The number of hydrogen-bond donors (Lipinski definition) is 0. The molecule has 0 atom stereocenters. The van der Waals surface area contributed by atoms with Gasteiger partial charge in [0, 0.05) is 0 Å². The third-order valence-corrected chi connectivity index (χ3v) is 1.54. The molecule has 0 radical (unpaired) electrons. The number of aromatic nitrogens is 1. The minimum atomic E-state index is -3.08. The Morgan fingerprint density at radius 2 is 2.15 bits per heavy atom. The van der Waals surface area contributed by atoms with E-state index in [0.29, 0.717) is 0 Å². The summed E-state index contributed by atoms with van der Waals surface area (Å²) < 4.78 is 36.9. The van der Waals surface area contributed by atoms with Crippen molar-refractivity contribution in [3.8, 4) is 6.07 Å². The van der Waals surface area contributed by atoms with Gasteiger partial charge in [0.25, 0.3) is 6.43 Å². The zero-order chi connectivity index (χ0) is 10.0. The van der Waals surface area contributed by atoms with Crippen LogP contribution in [0.25, 0.3) is 0 Å². The van der Waals surface area contributed by atoms with E-state index in [4.69, 9.17) is 16.9 Å². The fourth-order valence-electron chi connectivity index (χ4n) is 0.719. The van der Waals surface area contributed by atoms with E-state index in [1.807, 2.05) is 0 Å². The number of alkyl halides is 2. The van der Waals surface area contributed by atoms with E-state index in [9.17, 15) is 13.2 Å². The van der Waals surface area contributed by atoms with Crippen LogP contribution in [0.4, 0.5) is 13.2 Å². The van der Waals surface area contributed by atoms with Gasteiger partial charge in [0.15, 0.2) is 5.82 Å². The summed E-state index contributed by atoms with van der Waals surface area (Å²) in [5.74, 6) is -1.28. The molecule has 13 heavy (non-hydrogen) atoms. The van der Waals surface area contributed by atoms with Gasteiger partial charge in [-0.1, -0.05) is 11.6 Å². The molecule has 0 spiro atoms. The van der Waals surface area contributed by atoms with Crippen molar-refractivity contribution >= 4 is 11.6 Å². The lowest BCUT2D eigenvalue weighted by Crippen LogP contribution is -1.98. The highest BCUT2D eigenvalue weighted by Gasteiger charge is 2.19. The normalized spacial score (nSPS) is 10.2. The molecule has 0 saturated carbocycles. The van der Waals surface area contributed by atoms with Crippen molar-refractivity contribution in [3.05, 3.63) is 28.3 Å². The van der Waals surface area contributed by atoms with Crippen LogP contribution < -0.4 is 0 Å². The summed E-state index contributed by atoms with van der Waals surface area (Å²) in [5, 5.41) is 7.79. The van der Waals surface area contributed by atoms with Crippen LogP contribution in [0.3, 0.4) is 0 Å². The fourth-order valence-corrected chi connectivity index (χ4v) is 0.919. The molecule has 0 aliphatic rings. The molecule has 0 aromatic carbocycles. The molecule has 2 nitrogen and oxygen atoms in total. The Labute approximate surface area is 76.6 Å². The van der Waals surface area contributed by atoms with E-state index in [2.05, 4.69) is 4.98 Å². The van der Waals surface area contributed by atoms with Gasteiger partial charge in [0.05, 0.1) is 5.02 Å². The third-order valence-electron chi connectivity index (χ3n) is 1.26. The lowest BCUT2D eigenvalue weighted by molar-refractivity contribution is 0.140. The van der Waals surface area contributed by atoms with Crippen molar-refractivity contribution in [2.24, 2.45) is 0 Å². The Bertz CT molecular complexity index is 373. The van der Waals surface area contributed by atoms with Crippen LogP contribution in [-0.2, 0) is 0 Å². The number of halogens is 4. The van der Waals surface area contributed by atoms with E-state index in [1.165, 1.54) is 6.07 Å². The van der Waals surface area contributed by atoms with Crippen molar-refractivity contribution in [2.45, 2.75) is 6.43 Å². The summed E-state index contributed by atoms with van der Waals surface area (Å²) in [5.41, 5.74) is -1.43. The van der Waals surface area contributed by atoms with E-state index in [-0.39, 0.29) is 5.69 Å². The molecule has 1 aromatic heterocycles. The number of rotatable bonds is 1. The maximum absolute atomic E-state index is 12.8. The topological polar surface area (TPSA) is 36.7 Å². The summed E-state index contributed by atoms with van der Waals surface area (Å²) in [6, 6.07) is 2.39. The summed E-state index contributed by atoms with van der Waals surface area (Å²) in [6.07, 6.45) is -3.08. The molecule has 1 rings (SSSR count). The Balaban J connectivity index is 3.35. The summed E-state index contributed by atoms with van der Waals surface area (Å²) >= 11 is 5.24. The number of nitriles is 1. The molecular formula is C7H2ClF3N2. The Kier molecular flexibility index (Phi) is 2.73. The average Bonchev–Trinajstić information content (AvgIpc) is 2.09. The smallest absolute Gasteiger partial charge is 0.233 e. The van der Waals surface area contributed by atoms with Crippen molar-refractivity contribution in [1.29, 1.82) is 5.26 Å². The monoisotopic (exact) mass is 206 g/mol. The molecule has 6 heteroatoms. The molecule has 0 fully saturated rings. The quantitative estimate of drug-likeness (QED) is 0.708. The average molecular weight is 207 g/mol. The van der Waals surface area contributed by atoms with E-state index in [0.717, 1.165) is 6.07 Å². The SMILES string of the molecule is N#Cc1cc(Cl)c(F)c(C(F)F)n1. The maximum atomic E-state index is 12.8. The molecule has 0 aliphatic carbocycles. The van der Waals surface area contributed by atoms with Gasteiger partial charge in [-0.05, 0) is 6.07 Å². The van der Waals surface area contributed by atoms with Gasteiger partial charge in [0.2, 0.25) is 0 Å². The van der Waals surface area contributed by atoms with Gasteiger partial charge in [0.1, 0.15) is 17.5 Å². The molecule has 0 N–H and O–H groups in total. The highest BCUT2D eigenvalue weighted by atomic mass is 35.5. The minimum absolute atomic E-state index is 0.332. The summed E-state index contributed by atoms with van der Waals surface area (Å²) in [7, 11) is 0. The summed E-state index contributed by atoms with van der Waals surface area (Å²) in [4.78, 5) is 3.08. The first kappa shape index (κ1) is 9.81. The van der Waals surface area contributed by atoms with Crippen LogP contribution in [0.1, 0.15) is 17.8 Å². The largest absolute Gasteiger partial charge is 0.283 e. The van der Waals surface area contributed by atoms with Gasteiger partial charge < -0.3 is 0 Å². The molecule has 68 valence electrons. The highest BCUT2D eigenvalue weighted by molar-refractivity contribution is 6.30. The van der Waals surface area contributed by atoms with Crippen LogP contribution in [-0.4, -0.2) is 4.98 Å². The van der Waals surface area contributed by atoms with Crippen LogP contribution in [0.2, 0.25) is 5.02 Å². The van der Waals surface area contributed by atoms with E-state index in [1.54, 1.807) is 0 Å². The fraction of sp³-hybridized carbons (Fsp3) is 0.143. The Morgan fingerprint density at radius 1 is 1.54 bits per heavy atom. The van der Waals surface area contributed by atoms with Crippen LogP contribution in [0, 0.1) is 17.1 Å². The molecule has 0 amide bonds. The van der Waals surface area contributed by atoms with Crippen molar-refractivity contribution in [1.82, 2.24) is 4.98 Å². The standard InChI is InChI=1S/C7H2ClF3N2/c8-4-1-3(2-12)13-6(5(4)9)7(10)11/h1,7H. The maximum Gasteiger partial charge on any atom is 0.283 e. The lowest BCUT2D eigenvalue weighted by Gasteiger charge is -2.02. The molecule has 1 heterocycles. The van der Waals surface area contributed by atoms with Crippen LogP contribution in [0.15, 0.2) is 6.07 Å². The molecule has 0 bridgehead atoms. The predicted molar refractivity (Wildman–Crippen MR) is 38.9 cm³/mol. The molecule has 0 aliphatic heterocycles. The van der Waals surface area contributed by atoms with Crippen molar-refractivity contribution in [3.63, 3.8) is 0 Å². The molecular weight excluding hydrogens is 205 g/mol. The van der Waals surface area contributed by atoms with E-state index >= 15 is 0 Å². The molecule has 0 unspecified atom stereocenters. The summed E-state index contributed by atoms with van der Waals surface area (Å²) in [6.45, 7) is 0. The van der Waals surface area contributed by atoms with E-state index < -0.39 is 23.0 Å². The van der Waals surface area contributed by atoms with Gasteiger partial charge in [-0.25, -0.2) is 18.2 Å². The number of nitrogens with zero attached hydrogens (tertiary/aromatic N) is 2. The first-order chi connectivity index (χ1) is 6.06. The first-order valence-electron chi connectivity index (χ1n) is 3.10. The van der Waals surface area contributed by atoms with Gasteiger partial charge in [-0.2, -0.15) is 5.26 Å². The van der Waals surface area contributed by atoms with Crippen LogP contribution >= 0.6 is 11.6 Å². The second kappa shape index (κ2) is 3.62. The molecule has 0 saturated heterocycles. The van der Waals surface area contributed by atoms with Gasteiger partial charge >= 0.3 is 0 Å². The number of pyridine rings is 1. The van der Waals surface area contributed by atoms with Crippen molar-refractivity contribution < 1.29 is 13.2 Å². The third kappa shape index (κ3) is 1.90. The number of hydrogen-bond acceptors (Lipinski definition) is 2.